The van der Waals surface area contributed by atoms with Crippen molar-refractivity contribution in [3.05, 3.63) is 53.6 Å². The summed E-state index contributed by atoms with van der Waals surface area (Å²) in [6.45, 7) is 3.25. The number of nitrogens with zero attached hydrogens (tertiary/aromatic N) is 1. The van der Waals surface area contributed by atoms with Crippen LogP contribution in [0.25, 0.3) is 0 Å². The summed E-state index contributed by atoms with van der Waals surface area (Å²) in [6.07, 6.45) is 4.07. The van der Waals surface area contributed by atoms with Gasteiger partial charge in [-0.15, -0.1) is 0 Å². The molecule has 0 aromatic heterocycles. The van der Waals surface area contributed by atoms with Gasteiger partial charge in [-0.2, -0.15) is 0 Å². The summed E-state index contributed by atoms with van der Waals surface area (Å²) in [6, 6.07) is 13.0. The second-order valence-corrected chi connectivity index (χ2v) is 7.65. The first-order valence-electron chi connectivity index (χ1n) is 10.2. The van der Waals surface area contributed by atoms with Gasteiger partial charge in [0.1, 0.15) is 11.5 Å². The maximum Gasteiger partial charge on any atom is 0.262 e. The van der Waals surface area contributed by atoms with E-state index in [0.29, 0.717) is 29.4 Å². The Balaban J connectivity index is 1.45. The molecule has 6 heteroatoms. The summed E-state index contributed by atoms with van der Waals surface area (Å²) in [5, 5.41) is 2.82. The molecule has 4 rings (SSSR count). The van der Waals surface area contributed by atoms with Gasteiger partial charge in [-0.3, -0.25) is 9.59 Å². The predicted octanol–water partition coefficient (Wildman–Crippen LogP) is 3.79. The molecule has 152 valence electrons. The number of aryl methyl sites for hydroxylation is 1. The van der Waals surface area contributed by atoms with Crippen LogP contribution < -0.4 is 14.8 Å². The van der Waals surface area contributed by atoms with E-state index < -0.39 is 0 Å². The van der Waals surface area contributed by atoms with E-state index in [1.165, 1.54) is 0 Å². The number of hydrogen-bond acceptors (Lipinski definition) is 4. The minimum absolute atomic E-state index is 0.0171. The standard InChI is InChI=1S/C23H26N2O4/c1-16-5-4-7-19(13-16)29-15-22(26)24-17-8-9-21-20(14-17)23(27)25-11-3-2-6-18(25)10-12-28-21/h4-5,7-9,13-14,18H,2-3,6,10-12,15H2,1H3,(H,24,26). The highest BCUT2D eigenvalue weighted by molar-refractivity contribution is 6.00. The Bertz CT molecular complexity index is 912. The molecule has 29 heavy (non-hydrogen) atoms. The van der Waals surface area contributed by atoms with E-state index in [-0.39, 0.29) is 24.5 Å². The smallest absolute Gasteiger partial charge is 0.262 e. The van der Waals surface area contributed by atoms with Gasteiger partial charge >= 0.3 is 0 Å². The van der Waals surface area contributed by atoms with Crippen molar-refractivity contribution in [3.63, 3.8) is 0 Å². The Labute approximate surface area is 170 Å². The molecule has 0 saturated carbocycles. The first-order chi connectivity index (χ1) is 14.1. The van der Waals surface area contributed by atoms with Crippen molar-refractivity contribution in [1.82, 2.24) is 4.90 Å². The van der Waals surface area contributed by atoms with Gasteiger partial charge in [0.2, 0.25) is 0 Å². The molecule has 1 atom stereocenters. The number of fused-ring (bicyclic) bond motifs is 2. The zero-order chi connectivity index (χ0) is 20.2. The molecule has 0 bridgehead atoms. The van der Waals surface area contributed by atoms with Crippen LogP contribution in [0.2, 0.25) is 0 Å². The number of carbonyl (C=O) groups excluding carboxylic acids is 2. The van der Waals surface area contributed by atoms with Gasteiger partial charge in [0.05, 0.1) is 12.2 Å². The number of carbonyl (C=O) groups is 2. The Morgan fingerprint density at radius 1 is 1.21 bits per heavy atom. The number of nitrogens with one attached hydrogen (secondary N) is 1. The molecule has 0 spiro atoms. The second-order valence-electron chi connectivity index (χ2n) is 7.65. The highest BCUT2D eigenvalue weighted by Crippen LogP contribution is 2.30. The molecule has 1 unspecified atom stereocenters. The molecule has 2 aliphatic heterocycles. The van der Waals surface area contributed by atoms with Crippen molar-refractivity contribution in [2.45, 2.75) is 38.6 Å². The van der Waals surface area contributed by atoms with Gasteiger partial charge in [-0.1, -0.05) is 12.1 Å². The third kappa shape index (κ3) is 4.53. The van der Waals surface area contributed by atoms with Gasteiger partial charge in [-0.25, -0.2) is 0 Å². The molecule has 2 aromatic rings. The molecule has 1 N–H and O–H groups in total. The summed E-state index contributed by atoms with van der Waals surface area (Å²) in [5.74, 6) is 0.934. The number of hydrogen-bond donors (Lipinski definition) is 1. The Morgan fingerprint density at radius 2 is 2.10 bits per heavy atom. The van der Waals surface area contributed by atoms with E-state index in [1.54, 1.807) is 18.2 Å². The Morgan fingerprint density at radius 3 is 2.97 bits per heavy atom. The van der Waals surface area contributed by atoms with Crippen molar-refractivity contribution in [1.29, 1.82) is 0 Å². The summed E-state index contributed by atoms with van der Waals surface area (Å²) >= 11 is 0. The van der Waals surface area contributed by atoms with Crippen molar-refractivity contribution in [2.24, 2.45) is 0 Å². The molecular formula is C23H26N2O4. The molecular weight excluding hydrogens is 368 g/mol. The van der Waals surface area contributed by atoms with Crippen molar-refractivity contribution >= 4 is 17.5 Å². The quantitative estimate of drug-likeness (QED) is 0.857. The lowest BCUT2D eigenvalue weighted by Crippen LogP contribution is -2.45. The van der Waals surface area contributed by atoms with Crippen LogP contribution in [0.5, 0.6) is 11.5 Å². The lowest BCUT2D eigenvalue weighted by atomic mass is 9.97. The van der Waals surface area contributed by atoms with E-state index in [2.05, 4.69) is 5.32 Å². The summed E-state index contributed by atoms with van der Waals surface area (Å²) < 4.78 is 11.4. The number of rotatable bonds is 4. The van der Waals surface area contributed by atoms with Gasteiger partial charge < -0.3 is 19.7 Å². The SMILES string of the molecule is Cc1cccc(OCC(=O)Nc2ccc3c(c2)C(=O)N2CCCCC2CCO3)c1. The Kier molecular flexibility index (Phi) is 5.69. The molecule has 0 radical (unpaired) electrons. The highest BCUT2D eigenvalue weighted by atomic mass is 16.5. The maximum absolute atomic E-state index is 13.1. The minimum atomic E-state index is -0.276. The number of benzene rings is 2. The molecule has 2 aromatic carbocycles. The molecule has 0 aliphatic carbocycles. The first kappa shape index (κ1) is 19.3. The van der Waals surface area contributed by atoms with Crippen LogP contribution in [0.3, 0.4) is 0 Å². The van der Waals surface area contributed by atoms with Gasteiger partial charge in [-0.05, 0) is 62.1 Å². The lowest BCUT2D eigenvalue weighted by molar-refractivity contribution is -0.118. The predicted molar refractivity (Wildman–Crippen MR) is 111 cm³/mol. The summed E-state index contributed by atoms with van der Waals surface area (Å²) in [4.78, 5) is 27.4. The number of amides is 2. The zero-order valence-corrected chi connectivity index (χ0v) is 16.6. The van der Waals surface area contributed by atoms with Crippen molar-refractivity contribution < 1.29 is 19.1 Å². The number of anilines is 1. The number of piperidine rings is 1. The topological polar surface area (TPSA) is 67.9 Å². The van der Waals surface area contributed by atoms with E-state index in [9.17, 15) is 9.59 Å². The van der Waals surface area contributed by atoms with E-state index in [0.717, 1.165) is 37.8 Å². The largest absolute Gasteiger partial charge is 0.493 e. The maximum atomic E-state index is 13.1. The lowest BCUT2D eigenvalue weighted by Gasteiger charge is -2.37. The number of ether oxygens (including phenoxy) is 2. The van der Waals surface area contributed by atoms with Crippen LogP contribution in [0, 0.1) is 6.92 Å². The first-order valence-corrected chi connectivity index (χ1v) is 10.2. The van der Waals surface area contributed by atoms with Crippen molar-refractivity contribution in [3.8, 4) is 11.5 Å². The zero-order valence-electron chi connectivity index (χ0n) is 16.6. The molecule has 1 saturated heterocycles. The monoisotopic (exact) mass is 394 g/mol. The fourth-order valence-corrected chi connectivity index (χ4v) is 3.98. The molecule has 6 nitrogen and oxygen atoms in total. The van der Waals surface area contributed by atoms with Crippen LogP contribution in [-0.2, 0) is 4.79 Å². The van der Waals surface area contributed by atoms with Crippen LogP contribution >= 0.6 is 0 Å². The Hall–Kier alpha value is -3.02. The normalized spacial score (nSPS) is 18.6. The molecule has 2 amide bonds. The van der Waals surface area contributed by atoms with Gasteiger partial charge in [0.15, 0.2) is 6.61 Å². The highest BCUT2D eigenvalue weighted by Gasteiger charge is 2.31. The minimum Gasteiger partial charge on any atom is -0.493 e. The summed E-state index contributed by atoms with van der Waals surface area (Å²) in [5.41, 5.74) is 2.14. The van der Waals surface area contributed by atoms with E-state index in [1.807, 2.05) is 36.1 Å². The third-order valence-electron chi connectivity index (χ3n) is 5.45. The second kappa shape index (κ2) is 8.55. The van der Waals surface area contributed by atoms with Crippen LogP contribution in [0.1, 0.15) is 41.6 Å². The molecule has 1 fully saturated rings. The molecule has 2 aliphatic rings. The average molecular weight is 394 g/mol. The summed E-state index contributed by atoms with van der Waals surface area (Å²) in [7, 11) is 0. The van der Waals surface area contributed by atoms with Gasteiger partial charge in [0.25, 0.3) is 11.8 Å². The van der Waals surface area contributed by atoms with E-state index in [4.69, 9.17) is 9.47 Å². The fourth-order valence-electron chi connectivity index (χ4n) is 3.98. The van der Waals surface area contributed by atoms with E-state index >= 15 is 0 Å². The van der Waals surface area contributed by atoms with Crippen LogP contribution in [-0.4, -0.2) is 42.5 Å². The van der Waals surface area contributed by atoms with Crippen LogP contribution in [0.4, 0.5) is 5.69 Å². The van der Waals surface area contributed by atoms with Crippen molar-refractivity contribution in [2.75, 3.05) is 25.1 Å². The van der Waals surface area contributed by atoms with Crippen LogP contribution in [0.15, 0.2) is 42.5 Å². The average Bonchev–Trinajstić information content (AvgIpc) is 2.72. The molecule has 2 heterocycles. The fraction of sp³-hybridized carbons (Fsp3) is 0.391. The van der Waals surface area contributed by atoms with Gasteiger partial charge in [0, 0.05) is 24.7 Å². The third-order valence-corrected chi connectivity index (χ3v) is 5.45.